The summed E-state index contributed by atoms with van der Waals surface area (Å²) in [5.74, 6) is 0.356. The van der Waals surface area contributed by atoms with E-state index >= 15 is 0 Å². The lowest BCUT2D eigenvalue weighted by molar-refractivity contribution is -0.137. The number of halogens is 3. The maximum absolute atomic E-state index is 13.5. The number of amides is 1. The Balaban J connectivity index is 1.51. The molecule has 0 aliphatic heterocycles. The second-order valence-corrected chi connectivity index (χ2v) is 9.55. The molecule has 1 saturated carbocycles. The molecule has 3 aromatic carbocycles. The van der Waals surface area contributed by atoms with E-state index in [1.807, 2.05) is 24.3 Å². The highest BCUT2D eigenvalue weighted by atomic mass is 19.4. The van der Waals surface area contributed by atoms with E-state index in [2.05, 4.69) is 6.92 Å². The van der Waals surface area contributed by atoms with Crippen LogP contribution in [0.4, 0.5) is 13.2 Å². The zero-order valence-electron chi connectivity index (χ0n) is 20.9. The molecule has 1 aliphatic rings. The van der Waals surface area contributed by atoms with Crippen molar-refractivity contribution >= 4 is 5.91 Å². The van der Waals surface area contributed by atoms with Crippen LogP contribution in [0.15, 0.2) is 72.8 Å². The summed E-state index contributed by atoms with van der Waals surface area (Å²) in [6.07, 6.45) is 0.899. The van der Waals surface area contributed by atoms with Gasteiger partial charge in [0.15, 0.2) is 0 Å². The molecule has 0 saturated heterocycles. The number of ether oxygens (including phenoxy) is 1. The number of nitrogens with zero attached hydrogens (tertiary/aromatic N) is 1. The molecule has 37 heavy (non-hydrogen) atoms. The molecule has 0 heterocycles. The first kappa shape index (κ1) is 26.7. The van der Waals surface area contributed by atoms with Crippen molar-refractivity contribution in [3.05, 3.63) is 89.5 Å². The number of rotatable bonds is 11. The SMILES string of the molecule is CCCCCCOc1ccccc1CN(C(=O)c1ccc(-c2cccc(C(F)(F)F)c2)cc1)C1(O)CC1. The topological polar surface area (TPSA) is 49.8 Å². The highest BCUT2D eigenvalue weighted by Crippen LogP contribution is 2.41. The molecule has 1 N–H and O–H groups in total. The Morgan fingerprint density at radius 3 is 2.35 bits per heavy atom. The number of para-hydroxylation sites is 1. The summed E-state index contributed by atoms with van der Waals surface area (Å²) < 4.78 is 45.3. The van der Waals surface area contributed by atoms with Crippen LogP contribution in [-0.2, 0) is 12.7 Å². The predicted octanol–water partition coefficient (Wildman–Crippen LogP) is 7.46. The van der Waals surface area contributed by atoms with Gasteiger partial charge in [-0.05, 0) is 60.7 Å². The van der Waals surface area contributed by atoms with Crippen molar-refractivity contribution in [1.82, 2.24) is 4.90 Å². The third-order valence-corrected chi connectivity index (χ3v) is 6.66. The van der Waals surface area contributed by atoms with E-state index in [0.29, 0.717) is 41.9 Å². The van der Waals surface area contributed by atoms with Crippen molar-refractivity contribution in [2.24, 2.45) is 0 Å². The minimum atomic E-state index is -4.43. The van der Waals surface area contributed by atoms with Gasteiger partial charge in [-0.3, -0.25) is 4.79 Å². The van der Waals surface area contributed by atoms with Gasteiger partial charge in [0.2, 0.25) is 0 Å². The van der Waals surface area contributed by atoms with Gasteiger partial charge in [-0.1, -0.05) is 68.7 Å². The molecule has 1 fully saturated rings. The van der Waals surface area contributed by atoms with E-state index in [1.54, 1.807) is 30.3 Å². The van der Waals surface area contributed by atoms with Crippen LogP contribution in [0.5, 0.6) is 5.75 Å². The van der Waals surface area contributed by atoms with Crippen molar-refractivity contribution in [1.29, 1.82) is 0 Å². The van der Waals surface area contributed by atoms with E-state index in [4.69, 9.17) is 4.74 Å². The van der Waals surface area contributed by atoms with E-state index in [0.717, 1.165) is 43.4 Å². The van der Waals surface area contributed by atoms with Crippen molar-refractivity contribution in [2.45, 2.75) is 63.9 Å². The van der Waals surface area contributed by atoms with Gasteiger partial charge in [-0.2, -0.15) is 13.2 Å². The summed E-state index contributed by atoms with van der Waals surface area (Å²) >= 11 is 0. The summed E-state index contributed by atoms with van der Waals surface area (Å²) in [6, 6.07) is 19.1. The predicted molar refractivity (Wildman–Crippen MR) is 137 cm³/mol. The lowest BCUT2D eigenvalue weighted by Crippen LogP contribution is -2.41. The molecular formula is C30H32F3NO3. The van der Waals surface area contributed by atoms with Crippen LogP contribution in [0.3, 0.4) is 0 Å². The van der Waals surface area contributed by atoms with Crippen LogP contribution >= 0.6 is 0 Å². The van der Waals surface area contributed by atoms with Gasteiger partial charge < -0.3 is 14.7 Å². The summed E-state index contributed by atoms with van der Waals surface area (Å²) in [5.41, 5.74) is 0.211. The fourth-order valence-electron chi connectivity index (χ4n) is 4.28. The van der Waals surface area contributed by atoms with Gasteiger partial charge in [0, 0.05) is 11.1 Å². The summed E-state index contributed by atoms with van der Waals surface area (Å²) in [6.45, 7) is 2.94. The van der Waals surface area contributed by atoms with E-state index in [1.165, 1.54) is 11.0 Å². The second-order valence-electron chi connectivity index (χ2n) is 9.55. The van der Waals surface area contributed by atoms with Crippen LogP contribution in [0.2, 0.25) is 0 Å². The molecule has 3 aromatic rings. The number of hydrogen-bond donors (Lipinski definition) is 1. The third kappa shape index (κ3) is 6.72. The average molecular weight is 512 g/mol. The monoisotopic (exact) mass is 511 g/mol. The number of unbranched alkanes of at least 4 members (excludes halogenated alkanes) is 3. The van der Waals surface area contributed by atoms with Crippen LogP contribution < -0.4 is 4.74 Å². The van der Waals surface area contributed by atoms with E-state index in [-0.39, 0.29) is 12.5 Å². The number of hydrogen-bond acceptors (Lipinski definition) is 3. The average Bonchev–Trinajstić information content (AvgIpc) is 3.65. The molecule has 0 spiro atoms. The number of aliphatic hydroxyl groups is 1. The fraction of sp³-hybridized carbons (Fsp3) is 0.367. The van der Waals surface area contributed by atoms with Crippen LogP contribution in [0, 0.1) is 0 Å². The quantitative estimate of drug-likeness (QED) is 0.215. The molecule has 0 atom stereocenters. The smallest absolute Gasteiger partial charge is 0.416 e. The van der Waals surface area contributed by atoms with Crippen molar-refractivity contribution < 1.29 is 27.8 Å². The van der Waals surface area contributed by atoms with Gasteiger partial charge in [0.25, 0.3) is 5.91 Å². The normalized spacial score (nSPS) is 14.3. The lowest BCUT2D eigenvalue weighted by atomic mass is 10.0. The molecule has 0 bridgehead atoms. The van der Waals surface area contributed by atoms with Gasteiger partial charge in [0.1, 0.15) is 11.5 Å². The zero-order chi connectivity index (χ0) is 26.5. The Bertz CT molecular complexity index is 1200. The van der Waals surface area contributed by atoms with Crippen LogP contribution in [0.25, 0.3) is 11.1 Å². The van der Waals surface area contributed by atoms with Gasteiger partial charge in [-0.15, -0.1) is 0 Å². The molecule has 0 unspecified atom stereocenters. The molecule has 4 rings (SSSR count). The maximum Gasteiger partial charge on any atom is 0.416 e. The molecule has 0 radical (unpaired) electrons. The van der Waals surface area contributed by atoms with Gasteiger partial charge in [-0.25, -0.2) is 0 Å². The number of carbonyl (C=O) groups excluding carboxylic acids is 1. The molecule has 196 valence electrons. The molecule has 1 amide bonds. The summed E-state index contributed by atoms with van der Waals surface area (Å²) in [4.78, 5) is 15.0. The second kappa shape index (κ2) is 11.4. The Morgan fingerprint density at radius 2 is 1.68 bits per heavy atom. The van der Waals surface area contributed by atoms with Crippen molar-refractivity contribution in [3.63, 3.8) is 0 Å². The largest absolute Gasteiger partial charge is 0.493 e. The minimum absolute atomic E-state index is 0.190. The van der Waals surface area contributed by atoms with Gasteiger partial charge in [0.05, 0.1) is 18.7 Å². The maximum atomic E-state index is 13.5. The standard InChI is InChI=1S/C30H32F3NO3/c1-2-3-4-7-19-37-27-12-6-5-9-25(27)21-34(29(36)17-18-29)28(35)23-15-13-22(14-16-23)24-10-8-11-26(20-24)30(31,32)33/h5-6,8-16,20,36H,2-4,7,17-19,21H2,1H3. The first-order valence-corrected chi connectivity index (χ1v) is 12.7. The lowest BCUT2D eigenvalue weighted by Gasteiger charge is -2.29. The van der Waals surface area contributed by atoms with Crippen LogP contribution in [-0.4, -0.2) is 28.2 Å². The fourth-order valence-corrected chi connectivity index (χ4v) is 4.28. The Hall–Kier alpha value is -3.32. The number of benzene rings is 3. The molecular weight excluding hydrogens is 479 g/mol. The first-order chi connectivity index (χ1) is 17.7. The Labute approximate surface area is 215 Å². The zero-order valence-corrected chi connectivity index (χ0v) is 20.9. The van der Waals surface area contributed by atoms with Gasteiger partial charge >= 0.3 is 6.18 Å². The first-order valence-electron chi connectivity index (χ1n) is 12.7. The van der Waals surface area contributed by atoms with E-state index < -0.39 is 17.5 Å². The summed E-state index contributed by atoms with van der Waals surface area (Å²) in [5, 5.41) is 10.9. The highest BCUT2D eigenvalue weighted by molar-refractivity contribution is 5.95. The Kier molecular flexibility index (Phi) is 8.22. The third-order valence-electron chi connectivity index (χ3n) is 6.66. The van der Waals surface area contributed by atoms with Crippen LogP contribution in [0.1, 0.15) is 66.9 Å². The van der Waals surface area contributed by atoms with Crippen molar-refractivity contribution in [3.8, 4) is 16.9 Å². The molecule has 4 nitrogen and oxygen atoms in total. The summed E-state index contributed by atoms with van der Waals surface area (Å²) in [7, 11) is 0. The number of alkyl halides is 3. The molecule has 1 aliphatic carbocycles. The number of carbonyl (C=O) groups is 1. The molecule has 7 heteroatoms. The highest BCUT2D eigenvalue weighted by Gasteiger charge is 2.49. The Morgan fingerprint density at radius 1 is 0.946 bits per heavy atom. The minimum Gasteiger partial charge on any atom is -0.493 e. The molecule has 0 aromatic heterocycles. The van der Waals surface area contributed by atoms with E-state index in [9.17, 15) is 23.1 Å². The van der Waals surface area contributed by atoms with Crippen molar-refractivity contribution in [2.75, 3.05) is 6.61 Å².